The van der Waals surface area contributed by atoms with Crippen LogP contribution in [0.4, 0.5) is 0 Å². The maximum Gasteiger partial charge on any atom is 0.175 e. The Hall–Kier alpha value is -1.00. The molecule has 2 aromatic rings. The Kier molecular flexibility index (Phi) is 3.33. The van der Waals surface area contributed by atoms with Crippen molar-refractivity contribution in [2.45, 2.75) is 33.6 Å². The molecule has 1 heterocycles. The lowest BCUT2D eigenvalue weighted by molar-refractivity contribution is 0.0916. The molecule has 1 aliphatic rings. The Morgan fingerprint density at radius 2 is 2.05 bits per heavy atom. The minimum absolute atomic E-state index is 0.0310. The zero-order valence-electron chi connectivity index (χ0n) is 11.8. The predicted octanol–water partition coefficient (Wildman–Crippen LogP) is 5.04. The quantitative estimate of drug-likeness (QED) is 0.722. The van der Waals surface area contributed by atoms with Gasteiger partial charge >= 0.3 is 0 Å². The fraction of sp³-hybridized carbons (Fsp3) is 0.375. The van der Waals surface area contributed by atoms with Gasteiger partial charge in [-0.05, 0) is 30.4 Å². The van der Waals surface area contributed by atoms with Crippen molar-refractivity contribution in [2.24, 2.45) is 5.41 Å². The molecule has 0 bridgehead atoms. The zero-order valence-corrected chi connectivity index (χ0v) is 14.2. The number of fused-ring (bicyclic) bond motifs is 1. The van der Waals surface area contributed by atoms with Crippen molar-refractivity contribution in [1.29, 1.82) is 0 Å². The second-order valence-corrected chi connectivity index (χ2v) is 8.05. The average Bonchev–Trinajstić information content (AvgIpc) is 2.75. The fourth-order valence-electron chi connectivity index (χ4n) is 2.57. The third-order valence-corrected chi connectivity index (χ3v) is 5.70. The first-order valence-corrected chi connectivity index (χ1v) is 8.26. The zero-order chi connectivity index (χ0) is 14.5. The first kappa shape index (κ1) is 14.0. The van der Waals surface area contributed by atoms with Crippen LogP contribution in [0.25, 0.3) is 10.6 Å². The van der Waals surface area contributed by atoms with Crippen LogP contribution in [0.3, 0.4) is 0 Å². The second kappa shape index (κ2) is 4.78. The number of benzene rings is 1. The van der Waals surface area contributed by atoms with E-state index in [2.05, 4.69) is 54.9 Å². The lowest BCUT2D eigenvalue weighted by Crippen LogP contribution is -2.25. The van der Waals surface area contributed by atoms with Gasteiger partial charge in [0.05, 0.1) is 10.6 Å². The highest BCUT2D eigenvalue weighted by Gasteiger charge is 2.33. The van der Waals surface area contributed by atoms with Crippen LogP contribution in [-0.2, 0) is 6.42 Å². The fourth-order valence-corrected chi connectivity index (χ4v) is 3.96. The van der Waals surface area contributed by atoms with Crippen LogP contribution in [0.5, 0.6) is 0 Å². The van der Waals surface area contributed by atoms with E-state index in [9.17, 15) is 4.79 Å². The van der Waals surface area contributed by atoms with Crippen molar-refractivity contribution < 1.29 is 4.79 Å². The molecule has 0 fully saturated rings. The molecule has 3 rings (SSSR count). The first-order valence-electron chi connectivity index (χ1n) is 6.65. The molecule has 2 nitrogen and oxygen atoms in total. The Morgan fingerprint density at radius 1 is 1.30 bits per heavy atom. The Bertz CT molecular complexity index is 702. The summed E-state index contributed by atoms with van der Waals surface area (Å²) < 4.78 is 1.08. The van der Waals surface area contributed by atoms with Gasteiger partial charge in [0.1, 0.15) is 5.01 Å². The number of rotatable bonds is 1. The number of carbonyl (C=O) groups is 1. The summed E-state index contributed by atoms with van der Waals surface area (Å²) in [7, 11) is 0. The van der Waals surface area contributed by atoms with E-state index in [0.717, 1.165) is 32.0 Å². The van der Waals surface area contributed by atoms with Gasteiger partial charge in [0.2, 0.25) is 0 Å². The maximum absolute atomic E-state index is 12.2. The molecule has 1 aromatic carbocycles. The molecule has 0 N–H and O–H groups in total. The second-order valence-electron chi connectivity index (χ2n) is 6.20. The van der Waals surface area contributed by atoms with Crippen LogP contribution in [0.2, 0.25) is 0 Å². The van der Waals surface area contributed by atoms with Crippen molar-refractivity contribution >= 4 is 33.0 Å². The molecule has 1 aromatic heterocycles. The van der Waals surface area contributed by atoms with Crippen LogP contribution in [0.15, 0.2) is 22.7 Å². The van der Waals surface area contributed by atoms with Crippen molar-refractivity contribution in [3.8, 4) is 10.6 Å². The van der Waals surface area contributed by atoms with E-state index in [1.54, 1.807) is 0 Å². The number of ketones is 1. The molecule has 0 spiro atoms. The molecule has 0 radical (unpaired) electrons. The van der Waals surface area contributed by atoms with Crippen molar-refractivity contribution in [3.63, 3.8) is 0 Å². The lowest BCUT2D eigenvalue weighted by Gasteiger charge is -2.26. The third-order valence-electron chi connectivity index (χ3n) is 3.65. The summed E-state index contributed by atoms with van der Waals surface area (Å²) in [6.45, 7) is 6.33. The van der Waals surface area contributed by atoms with E-state index in [4.69, 9.17) is 4.98 Å². The summed E-state index contributed by atoms with van der Waals surface area (Å²) in [4.78, 5) is 17.8. The highest BCUT2D eigenvalue weighted by molar-refractivity contribution is 9.10. The van der Waals surface area contributed by atoms with E-state index in [-0.39, 0.29) is 11.2 Å². The summed E-state index contributed by atoms with van der Waals surface area (Å²) in [5.41, 5.74) is 3.28. The van der Waals surface area contributed by atoms with Crippen LogP contribution in [0.1, 0.15) is 41.2 Å². The van der Waals surface area contributed by atoms with Crippen LogP contribution in [-0.4, -0.2) is 10.8 Å². The molecule has 0 atom stereocenters. The summed E-state index contributed by atoms with van der Waals surface area (Å²) in [6, 6.07) is 6.22. The Morgan fingerprint density at radius 3 is 2.75 bits per heavy atom. The van der Waals surface area contributed by atoms with E-state index >= 15 is 0 Å². The molecule has 0 aliphatic heterocycles. The number of nitrogens with zero attached hydrogens (tertiary/aromatic N) is 1. The molecule has 104 valence electrons. The summed E-state index contributed by atoms with van der Waals surface area (Å²) in [5, 5.41) is 0.946. The number of Topliss-reactive ketones (excluding diaryl/α,β-unsaturated/α-hetero) is 1. The SMILES string of the molecule is Cc1ccc(-c2nc3c(s2)C(=O)CC(C)(C)C3)cc1Br. The van der Waals surface area contributed by atoms with Gasteiger partial charge < -0.3 is 0 Å². The van der Waals surface area contributed by atoms with Crippen LogP contribution >= 0.6 is 27.3 Å². The number of halogens is 1. The molecular weight excluding hydrogens is 334 g/mol. The monoisotopic (exact) mass is 349 g/mol. The molecule has 1 aliphatic carbocycles. The van der Waals surface area contributed by atoms with Crippen molar-refractivity contribution in [2.75, 3.05) is 0 Å². The number of thiazole rings is 1. The minimum Gasteiger partial charge on any atom is -0.293 e. The normalized spacial score (nSPS) is 17.1. The third kappa shape index (κ3) is 2.47. The number of aryl methyl sites for hydroxylation is 1. The largest absolute Gasteiger partial charge is 0.293 e. The summed E-state index contributed by atoms with van der Waals surface area (Å²) in [6.07, 6.45) is 1.51. The molecule has 0 amide bonds. The van der Waals surface area contributed by atoms with E-state index in [1.807, 2.05) is 0 Å². The van der Waals surface area contributed by atoms with Gasteiger partial charge in [0.15, 0.2) is 5.78 Å². The van der Waals surface area contributed by atoms with Gasteiger partial charge in [-0.2, -0.15) is 0 Å². The highest BCUT2D eigenvalue weighted by atomic mass is 79.9. The van der Waals surface area contributed by atoms with E-state index < -0.39 is 0 Å². The molecule has 0 unspecified atom stereocenters. The van der Waals surface area contributed by atoms with Crippen LogP contribution in [0, 0.1) is 12.3 Å². The first-order chi connectivity index (χ1) is 9.35. The Balaban J connectivity index is 2.05. The van der Waals surface area contributed by atoms with Gasteiger partial charge in [-0.3, -0.25) is 4.79 Å². The molecule has 4 heteroatoms. The standard InChI is InChI=1S/C16H16BrNOS/c1-9-4-5-10(6-11(9)17)15-18-12-7-16(2,3)8-13(19)14(12)20-15/h4-6H,7-8H2,1-3H3. The van der Waals surface area contributed by atoms with Gasteiger partial charge in [-0.1, -0.05) is 41.9 Å². The lowest BCUT2D eigenvalue weighted by atomic mass is 9.78. The molecule has 0 saturated carbocycles. The number of aromatic nitrogens is 1. The van der Waals surface area contributed by atoms with Gasteiger partial charge in [-0.25, -0.2) is 4.98 Å². The summed E-state index contributed by atoms with van der Waals surface area (Å²) in [5.74, 6) is 0.242. The summed E-state index contributed by atoms with van der Waals surface area (Å²) >= 11 is 5.09. The average molecular weight is 350 g/mol. The van der Waals surface area contributed by atoms with Gasteiger partial charge in [0, 0.05) is 16.5 Å². The van der Waals surface area contributed by atoms with Crippen molar-refractivity contribution in [1.82, 2.24) is 4.98 Å². The maximum atomic E-state index is 12.2. The van der Waals surface area contributed by atoms with Gasteiger partial charge in [0.25, 0.3) is 0 Å². The smallest absolute Gasteiger partial charge is 0.175 e. The van der Waals surface area contributed by atoms with E-state index in [0.29, 0.717) is 6.42 Å². The molecule has 0 saturated heterocycles. The predicted molar refractivity (Wildman–Crippen MR) is 86.4 cm³/mol. The molecular formula is C16H16BrNOS. The number of hydrogen-bond acceptors (Lipinski definition) is 3. The Labute approximate surface area is 131 Å². The van der Waals surface area contributed by atoms with Gasteiger partial charge in [-0.15, -0.1) is 11.3 Å². The topological polar surface area (TPSA) is 30.0 Å². The minimum atomic E-state index is 0.0310. The van der Waals surface area contributed by atoms with Crippen molar-refractivity contribution in [3.05, 3.63) is 38.8 Å². The van der Waals surface area contributed by atoms with E-state index in [1.165, 1.54) is 16.9 Å². The highest BCUT2D eigenvalue weighted by Crippen LogP contribution is 2.39. The molecule has 20 heavy (non-hydrogen) atoms. The van der Waals surface area contributed by atoms with Crippen LogP contribution < -0.4 is 0 Å². The number of carbonyl (C=O) groups excluding carboxylic acids is 1. The number of hydrogen-bond donors (Lipinski definition) is 0.